The Balaban J connectivity index is 1.96. The molecule has 0 spiro atoms. The molecule has 3 rings (SSSR count). The fraction of sp³-hybridized carbons (Fsp3) is 0.278. The predicted molar refractivity (Wildman–Crippen MR) is 101 cm³/mol. The van der Waals surface area contributed by atoms with Crippen molar-refractivity contribution >= 4 is 34.4 Å². The first kappa shape index (κ1) is 17.5. The summed E-state index contributed by atoms with van der Waals surface area (Å²) in [7, 11) is 1.59. The maximum absolute atomic E-state index is 12.0. The van der Waals surface area contributed by atoms with Gasteiger partial charge in [0.1, 0.15) is 22.9 Å². The van der Waals surface area contributed by atoms with Crippen LogP contribution in [0.1, 0.15) is 19.4 Å². The van der Waals surface area contributed by atoms with Gasteiger partial charge in [-0.05, 0) is 38.5 Å². The number of amides is 1. The lowest BCUT2D eigenvalue weighted by atomic mass is 10.1. The minimum Gasteiger partial charge on any atom is -0.357 e. The monoisotopic (exact) mass is 351 g/mol. The third kappa shape index (κ3) is 3.69. The van der Waals surface area contributed by atoms with Crippen LogP contribution in [0.4, 0.5) is 17.5 Å². The number of likely N-dealkylation sites (N-methyl/N-ethyl adjacent to an activating group) is 1. The maximum Gasteiger partial charge on any atom is 0.244 e. The predicted octanol–water partition coefficient (Wildman–Crippen LogP) is 2.41. The molecule has 2 heterocycles. The van der Waals surface area contributed by atoms with Gasteiger partial charge in [0.2, 0.25) is 11.9 Å². The van der Waals surface area contributed by atoms with Gasteiger partial charge in [-0.3, -0.25) is 4.79 Å². The number of carbonyl (C=O) groups excluding carboxylic acids is 1. The highest BCUT2D eigenvalue weighted by Crippen LogP contribution is 2.23. The second-order valence-electron chi connectivity index (χ2n) is 6.47. The van der Waals surface area contributed by atoms with Crippen molar-refractivity contribution in [2.45, 2.75) is 26.3 Å². The van der Waals surface area contributed by atoms with Gasteiger partial charge in [-0.15, -0.1) is 0 Å². The zero-order valence-electron chi connectivity index (χ0n) is 15.2. The van der Waals surface area contributed by atoms with E-state index in [2.05, 4.69) is 35.9 Å². The van der Waals surface area contributed by atoms with E-state index in [0.29, 0.717) is 22.8 Å². The number of carbonyl (C=O) groups is 1. The summed E-state index contributed by atoms with van der Waals surface area (Å²) in [5.41, 5.74) is 2.36. The molecule has 8 heteroatoms. The topological polar surface area (TPSA) is 105 Å². The molecule has 0 fully saturated rings. The largest absolute Gasteiger partial charge is 0.357 e. The molecule has 2 aromatic heterocycles. The van der Waals surface area contributed by atoms with Gasteiger partial charge in [0.15, 0.2) is 5.82 Å². The highest BCUT2D eigenvalue weighted by atomic mass is 16.2. The van der Waals surface area contributed by atoms with E-state index in [0.717, 1.165) is 11.3 Å². The molecule has 0 bridgehead atoms. The lowest BCUT2D eigenvalue weighted by Crippen LogP contribution is -2.47. The number of nitrogens with one attached hydrogen (secondary N) is 3. The Morgan fingerprint density at radius 2 is 1.96 bits per heavy atom. The van der Waals surface area contributed by atoms with Gasteiger partial charge < -0.3 is 16.0 Å². The molecule has 134 valence electrons. The molecule has 0 saturated carbocycles. The van der Waals surface area contributed by atoms with Crippen molar-refractivity contribution in [1.82, 2.24) is 25.3 Å². The van der Waals surface area contributed by atoms with E-state index < -0.39 is 5.54 Å². The van der Waals surface area contributed by atoms with Crippen LogP contribution in [0.25, 0.3) is 11.0 Å². The van der Waals surface area contributed by atoms with Crippen molar-refractivity contribution in [3.63, 3.8) is 0 Å². The Labute approximate surface area is 151 Å². The van der Waals surface area contributed by atoms with Crippen LogP contribution in [0.5, 0.6) is 0 Å². The van der Waals surface area contributed by atoms with Crippen LogP contribution in [0, 0.1) is 6.92 Å². The molecule has 0 atom stereocenters. The number of aromatic nitrogens is 4. The summed E-state index contributed by atoms with van der Waals surface area (Å²) in [6.07, 6.45) is 3.07. The zero-order valence-corrected chi connectivity index (χ0v) is 15.2. The van der Waals surface area contributed by atoms with Gasteiger partial charge in [0.25, 0.3) is 0 Å². The van der Waals surface area contributed by atoms with E-state index in [9.17, 15) is 4.79 Å². The number of benzene rings is 1. The lowest BCUT2D eigenvalue weighted by molar-refractivity contribution is -0.124. The van der Waals surface area contributed by atoms with Crippen molar-refractivity contribution in [3.05, 3.63) is 42.4 Å². The first-order valence-corrected chi connectivity index (χ1v) is 8.21. The second-order valence-corrected chi connectivity index (χ2v) is 6.47. The molecule has 1 aromatic carbocycles. The first-order chi connectivity index (χ1) is 12.4. The van der Waals surface area contributed by atoms with Crippen LogP contribution in [-0.4, -0.2) is 38.4 Å². The van der Waals surface area contributed by atoms with Crippen LogP contribution >= 0.6 is 0 Å². The average molecular weight is 351 g/mol. The van der Waals surface area contributed by atoms with E-state index in [-0.39, 0.29) is 5.91 Å². The van der Waals surface area contributed by atoms with Gasteiger partial charge in [-0.1, -0.05) is 12.1 Å². The summed E-state index contributed by atoms with van der Waals surface area (Å²) in [6.45, 7) is 5.54. The third-order valence-electron chi connectivity index (χ3n) is 3.88. The highest BCUT2D eigenvalue weighted by molar-refractivity contribution is 5.89. The number of hydrogen-bond donors (Lipinski definition) is 3. The summed E-state index contributed by atoms with van der Waals surface area (Å²) in [4.78, 5) is 29.2. The summed E-state index contributed by atoms with van der Waals surface area (Å²) in [5, 5.41) is 8.92. The van der Waals surface area contributed by atoms with Crippen molar-refractivity contribution in [1.29, 1.82) is 0 Å². The number of nitrogens with zero attached hydrogens (tertiary/aromatic N) is 4. The third-order valence-corrected chi connectivity index (χ3v) is 3.88. The van der Waals surface area contributed by atoms with Crippen molar-refractivity contribution in [2.24, 2.45) is 0 Å². The average Bonchev–Trinajstić information content (AvgIpc) is 2.61. The van der Waals surface area contributed by atoms with E-state index in [1.54, 1.807) is 27.1 Å². The molecule has 26 heavy (non-hydrogen) atoms. The normalized spacial score (nSPS) is 11.2. The van der Waals surface area contributed by atoms with Crippen molar-refractivity contribution in [2.75, 3.05) is 17.7 Å². The number of aryl methyl sites for hydroxylation is 1. The number of fused-ring (bicyclic) bond motifs is 1. The fourth-order valence-electron chi connectivity index (χ4n) is 2.51. The molecular weight excluding hydrogens is 330 g/mol. The van der Waals surface area contributed by atoms with Crippen molar-refractivity contribution < 1.29 is 4.79 Å². The van der Waals surface area contributed by atoms with Crippen LogP contribution < -0.4 is 16.0 Å². The van der Waals surface area contributed by atoms with Crippen LogP contribution in [0.15, 0.2) is 36.8 Å². The molecular formula is C18H21N7O. The minimum atomic E-state index is -0.859. The quantitative estimate of drug-likeness (QED) is 0.648. The molecule has 0 unspecified atom stereocenters. The molecule has 1 amide bonds. The minimum absolute atomic E-state index is 0.163. The lowest BCUT2D eigenvalue weighted by Gasteiger charge is -2.24. The number of anilines is 3. The van der Waals surface area contributed by atoms with Crippen LogP contribution in [0.2, 0.25) is 0 Å². The van der Waals surface area contributed by atoms with E-state index in [4.69, 9.17) is 0 Å². The Bertz CT molecular complexity index is 955. The Hall–Kier alpha value is -3.29. The maximum atomic E-state index is 12.0. The smallest absolute Gasteiger partial charge is 0.244 e. The van der Waals surface area contributed by atoms with Crippen LogP contribution in [-0.2, 0) is 4.79 Å². The molecule has 0 aliphatic carbocycles. The molecule has 0 aliphatic rings. The summed E-state index contributed by atoms with van der Waals surface area (Å²) in [5.74, 6) is 0.737. The number of hydrogen-bond acceptors (Lipinski definition) is 7. The SMILES string of the molecule is CNC(=O)C(C)(C)Nc1ncc2ncnc(Nc3cccc(C)c3)c2n1. The number of rotatable bonds is 5. The van der Waals surface area contributed by atoms with E-state index in [1.165, 1.54) is 6.33 Å². The van der Waals surface area contributed by atoms with E-state index in [1.807, 2.05) is 31.2 Å². The molecule has 8 nitrogen and oxygen atoms in total. The Morgan fingerprint density at radius 1 is 1.15 bits per heavy atom. The van der Waals surface area contributed by atoms with Gasteiger partial charge in [-0.25, -0.2) is 19.9 Å². The highest BCUT2D eigenvalue weighted by Gasteiger charge is 2.27. The second kappa shape index (κ2) is 6.91. The van der Waals surface area contributed by atoms with Gasteiger partial charge in [0.05, 0.1) is 6.20 Å². The van der Waals surface area contributed by atoms with Crippen molar-refractivity contribution in [3.8, 4) is 0 Å². The summed E-state index contributed by atoms with van der Waals surface area (Å²) >= 11 is 0. The fourth-order valence-corrected chi connectivity index (χ4v) is 2.51. The molecule has 0 aliphatic heterocycles. The molecule has 3 aromatic rings. The molecule has 3 N–H and O–H groups in total. The Morgan fingerprint density at radius 3 is 2.69 bits per heavy atom. The van der Waals surface area contributed by atoms with Gasteiger partial charge in [-0.2, -0.15) is 0 Å². The zero-order chi connectivity index (χ0) is 18.7. The van der Waals surface area contributed by atoms with Gasteiger partial charge >= 0.3 is 0 Å². The first-order valence-electron chi connectivity index (χ1n) is 8.21. The summed E-state index contributed by atoms with van der Waals surface area (Å²) < 4.78 is 0. The Kier molecular flexibility index (Phi) is 4.66. The standard InChI is InChI=1S/C18H21N7O/c1-11-6-5-7-12(8-11)23-15-14-13(21-10-22-15)9-20-17(24-14)25-18(2,3)16(26)19-4/h5-10H,1-4H3,(H,19,26)(H,20,24,25)(H,21,22,23). The van der Waals surface area contributed by atoms with E-state index >= 15 is 0 Å². The van der Waals surface area contributed by atoms with Crippen LogP contribution in [0.3, 0.4) is 0 Å². The summed E-state index contributed by atoms with van der Waals surface area (Å²) in [6, 6.07) is 7.96. The molecule has 0 saturated heterocycles. The molecule has 0 radical (unpaired) electrons. The van der Waals surface area contributed by atoms with Gasteiger partial charge in [0, 0.05) is 12.7 Å².